The van der Waals surface area contributed by atoms with Crippen LogP contribution in [0.25, 0.3) is 0 Å². The SMILES string of the molecule is Fc1cccc(CCl)c1N1CCCSCC1. The molecular formula is C12H15ClFNS. The summed E-state index contributed by atoms with van der Waals surface area (Å²) in [5, 5.41) is 0. The number of hydrogen-bond donors (Lipinski definition) is 0. The lowest BCUT2D eigenvalue weighted by Gasteiger charge is -2.25. The summed E-state index contributed by atoms with van der Waals surface area (Å²) in [4.78, 5) is 2.13. The summed E-state index contributed by atoms with van der Waals surface area (Å²) in [6.45, 7) is 1.84. The molecule has 1 saturated heterocycles. The van der Waals surface area contributed by atoms with Gasteiger partial charge in [0.1, 0.15) is 5.82 Å². The van der Waals surface area contributed by atoms with Crippen molar-refractivity contribution in [3.63, 3.8) is 0 Å². The lowest BCUT2D eigenvalue weighted by molar-refractivity contribution is 0.616. The largest absolute Gasteiger partial charge is 0.368 e. The van der Waals surface area contributed by atoms with Crippen molar-refractivity contribution in [2.24, 2.45) is 0 Å². The average molecular weight is 260 g/mol. The Bertz CT molecular complexity index is 351. The predicted molar refractivity (Wildman–Crippen MR) is 70.1 cm³/mol. The molecule has 1 heterocycles. The Morgan fingerprint density at radius 3 is 3.00 bits per heavy atom. The summed E-state index contributed by atoms with van der Waals surface area (Å²) in [5.41, 5.74) is 1.61. The molecule has 1 nitrogen and oxygen atoms in total. The molecule has 0 atom stereocenters. The van der Waals surface area contributed by atoms with Gasteiger partial charge in [0.15, 0.2) is 0 Å². The van der Waals surface area contributed by atoms with Crippen LogP contribution in [0, 0.1) is 5.82 Å². The van der Waals surface area contributed by atoms with Crippen LogP contribution >= 0.6 is 23.4 Å². The Balaban J connectivity index is 2.29. The van der Waals surface area contributed by atoms with E-state index in [1.54, 1.807) is 6.07 Å². The summed E-state index contributed by atoms with van der Waals surface area (Å²) in [5.74, 6) is 2.46. The predicted octanol–water partition coefficient (Wildman–Crippen LogP) is 3.51. The molecule has 0 radical (unpaired) electrons. The number of rotatable bonds is 2. The highest BCUT2D eigenvalue weighted by Gasteiger charge is 2.16. The third-order valence-corrected chi connectivity index (χ3v) is 4.09. The molecule has 0 N–H and O–H groups in total. The second kappa shape index (κ2) is 5.78. The van der Waals surface area contributed by atoms with E-state index in [2.05, 4.69) is 4.90 Å². The van der Waals surface area contributed by atoms with Crippen LogP contribution in [0.15, 0.2) is 18.2 Å². The first kappa shape index (κ1) is 12.1. The van der Waals surface area contributed by atoms with E-state index in [0.29, 0.717) is 11.6 Å². The van der Waals surface area contributed by atoms with E-state index in [1.807, 2.05) is 17.8 Å². The Morgan fingerprint density at radius 2 is 2.19 bits per heavy atom. The van der Waals surface area contributed by atoms with Crippen LogP contribution in [0.5, 0.6) is 0 Å². The van der Waals surface area contributed by atoms with E-state index in [9.17, 15) is 4.39 Å². The van der Waals surface area contributed by atoms with Crippen molar-refractivity contribution in [3.05, 3.63) is 29.6 Å². The molecule has 0 amide bonds. The Hall–Kier alpha value is -0.410. The van der Waals surface area contributed by atoms with Gasteiger partial charge in [0.25, 0.3) is 0 Å². The highest BCUT2D eigenvalue weighted by Crippen LogP contribution is 2.27. The van der Waals surface area contributed by atoms with Crippen molar-refractivity contribution in [2.75, 3.05) is 29.5 Å². The maximum absolute atomic E-state index is 13.8. The molecule has 4 heteroatoms. The first-order valence-electron chi connectivity index (χ1n) is 5.49. The zero-order chi connectivity index (χ0) is 11.4. The molecule has 1 aromatic rings. The molecule has 1 fully saturated rings. The zero-order valence-corrected chi connectivity index (χ0v) is 10.7. The summed E-state index contributed by atoms with van der Waals surface area (Å²) in [6, 6.07) is 5.15. The van der Waals surface area contributed by atoms with Crippen molar-refractivity contribution >= 4 is 29.1 Å². The second-order valence-corrected chi connectivity index (χ2v) is 5.33. The molecule has 0 saturated carbocycles. The standard InChI is InChI=1S/C12H15ClFNS/c13-9-10-3-1-4-11(14)12(10)15-5-2-7-16-8-6-15/h1,3-4H,2,5-9H2. The summed E-state index contributed by atoms with van der Waals surface area (Å²) in [6.07, 6.45) is 1.11. The van der Waals surface area contributed by atoms with Crippen LogP contribution in [-0.2, 0) is 5.88 Å². The van der Waals surface area contributed by atoms with Gasteiger partial charge in [0, 0.05) is 24.7 Å². The minimum Gasteiger partial charge on any atom is -0.368 e. The Kier molecular flexibility index (Phi) is 4.36. The average Bonchev–Trinajstić information content (AvgIpc) is 2.57. The van der Waals surface area contributed by atoms with Crippen molar-refractivity contribution in [1.29, 1.82) is 0 Å². The lowest BCUT2D eigenvalue weighted by atomic mass is 10.1. The molecule has 88 valence electrons. The lowest BCUT2D eigenvalue weighted by Crippen LogP contribution is -2.27. The number of para-hydroxylation sites is 1. The van der Waals surface area contributed by atoms with E-state index in [1.165, 1.54) is 11.8 Å². The van der Waals surface area contributed by atoms with Gasteiger partial charge >= 0.3 is 0 Å². The molecule has 1 aromatic carbocycles. The second-order valence-electron chi connectivity index (χ2n) is 3.83. The first-order chi connectivity index (χ1) is 7.83. The van der Waals surface area contributed by atoms with Crippen LogP contribution in [0.3, 0.4) is 0 Å². The van der Waals surface area contributed by atoms with Gasteiger partial charge in [-0.25, -0.2) is 4.39 Å². The molecule has 0 aromatic heterocycles. The van der Waals surface area contributed by atoms with Crippen molar-refractivity contribution < 1.29 is 4.39 Å². The van der Waals surface area contributed by atoms with Crippen molar-refractivity contribution in [3.8, 4) is 0 Å². The van der Waals surface area contributed by atoms with Crippen LogP contribution in [0.4, 0.5) is 10.1 Å². The quantitative estimate of drug-likeness (QED) is 0.748. The molecule has 0 aliphatic carbocycles. The summed E-state index contributed by atoms with van der Waals surface area (Å²) < 4.78 is 13.8. The van der Waals surface area contributed by atoms with Gasteiger partial charge in [-0.2, -0.15) is 11.8 Å². The number of benzene rings is 1. The van der Waals surface area contributed by atoms with Gasteiger partial charge in [-0.15, -0.1) is 11.6 Å². The molecule has 0 unspecified atom stereocenters. The van der Waals surface area contributed by atoms with Crippen molar-refractivity contribution in [2.45, 2.75) is 12.3 Å². The fourth-order valence-corrected chi connectivity index (χ4v) is 3.09. The maximum atomic E-state index is 13.8. The molecule has 16 heavy (non-hydrogen) atoms. The molecule has 1 aliphatic heterocycles. The number of alkyl halides is 1. The molecular weight excluding hydrogens is 245 g/mol. The minimum absolute atomic E-state index is 0.148. The van der Waals surface area contributed by atoms with Crippen LogP contribution < -0.4 is 4.90 Å². The van der Waals surface area contributed by atoms with Gasteiger partial charge < -0.3 is 4.90 Å². The number of anilines is 1. The van der Waals surface area contributed by atoms with Crippen LogP contribution in [0.1, 0.15) is 12.0 Å². The fourth-order valence-electron chi connectivity index (χ4n) is 1.99. The van der Waals surface area contributed by atoms with E-state index in [0.717, 1.165) is 30.8 Å². The van der Waals surface area contributed by atoms with E-state index in [4.69, 9.17) is 11.6 Å². The molecule has 2 rings (SSSR count). The third kappa shape index (κ3) is 2.64. The smallest absolute Gasteiger partial charge is 0.146 e. The molecule has 0 spiro atoms. The Labute approximate surface area is 105 Å². The molecule has 0 bridgehead atoms. The van der Waals surface area contributed by atoms with Gasteiger partial charge in [0.2, 0.25) is 0 Å². The normalized spacial score (nSPS) is 17.2. The maximum Gasteiger partial charge on any atom is 0.146 e. The number of thioether (sulfide) groups is 1. The van der Waals surface area contributed by atoms with Crippen molar-refractivity contribution in [1.82, 2.24) is 0 Å². The van der Waals surface area contributed by atoms with Crippen LogP contribution in [0.2, 0.25) is 0 Å². The fraction of sp³-hybridized carbons (Fsp3) is 0.500. The first-order valence-corrected chi connectivity index (χ1v) is 7.18. The topological polar surface area (TPSA) is 3.24 Å². The van der Waals surface area contributed by atoms with E-state index < -0.39 is 0 Å². The van der Waals surface area contributed by atoms with Gasteiger partial charge in [-0.3, -0.25) is 0 Å². The highest BCUT2D eigenvalue weighted by molar-refractivity contribution is 7.99. The van der Waals surface area contributed by atoms with Gasteiger partial charge in [-0.05, 0) is 23.8 Å². The Morgan fingerprint density at radius 1 is 1.31 bits per heavy atom. The number of hydrogen-bond acceptors (Lipinski definition) is 2. The number of halogens is 2. The third-order valence-electron chi connectivity index (χ3n) is 2.75. The monoisotopic (exact) mass is 259 g/mol. The van der Waals surface area contributed by atoms with E-state index >= 15 is 0 Å². The summed E-state index contributed by atoms with van der Waals surface area (Å²) in [7, 11) is 0. The highest BCUT2D eigenvalue weighted by atomic mass is 35.5. The van der Waals surface area contributed by atoms with Gasteiger partial charge in [0.05, 0.1) is 5.69 Å². The summed E-state index contributed by atoms with van der Waals surface area (Å²) >= 11 is 7.80. The zero-order valence-electron chi connectivity index (χ0n) is 9.09. The van der Waals surface area contributed by atoms with Crippen LogP contribution in [-0.4, -0.2) is 24.6 Å². The molecule has 1 aliphatic rings. The van der Waals surface area contributed by atoms with E-state index in [-0.39, 0.29) is 5.82 Å². The number of nitrogens with zero attached hydrogens (tertiary/aromatic N) is 1. The minimum atomic E-state index is -0.148. The van der Waals surface area contributed by atoms with Gasteiger partial charge in [-0.1, -0.05) is 12.1 Å².